The summed E-state index contributed by atoms with van der Waals surface area (Å²) in [6.07, 6.45) is 2.74. The molecule has 0 aliphatic heterocycles. The van der Waals surface area contributed by atoms with Crippen molar-refractivity contribution in [3.8, 4) is 28.4 Å². The third kappa shape index (κ3) is 5.03. The molecule has 0 aliphatic rings. The Labute approximate surface area is 213 Å². The Kier molecular flexibility index (Phi) is 7.84. The maximum Gasteiger partial charge on any atom is 0.415 e. The second-order valence-corrected chi connectivity index (χ2v) is 8.60. The second kappa shape index (κ2) is 11.2. The van der Waals surface area contributed by atoms with Gasteiger partial charge < -0.3 is 23.7 Å². The van der Waals surface area contributed by atoms with Crippen molar-refractivity contribution in [3.63, 3.8) is 0 Å². The van der Waals surface area contributed by atoms with Crippen LogP contribution < -0.4 is 14.2 Å². The number of hydrogen-bond acceptors (Lipinski definition) is 4. The Bertz CT molecular complexity index is 1340. The average Bonchev–Trinajstić information content (AvgIpc) is 3.31. The minimum Gasteiger partial charge on any atom is -0.493 e. The predicted octanol–water partition coefficient (Wildman–Crippen LogP) is 6.78. The van der Waals surface area contributed by atoms with Crippen LogP contribution in [0.5, 0.6) is 17.2 Å². The first-order valence-corrected chi connectivity index (χ1v) is 12.4. The maximum absolute atomic E-state index is 12.9. The Morgan fingerprint density at radius 3 is 2.11 bits per heavy atom. The van der Waals surface area contributed by atoms with Gasteiger partial charge in [0.15, 0.2) is 11.5 Å². The van der Waals surface area contributed by atoms with Crippen molar-refractivity contribution in [3.05, 3.63) is 78.0 Å². The summed E-state index contributed by atoms with van der Waals surface area (Å²) in [4.78, 5) is 14.5. The monoisotopic (exact) mass is 486 g/mol. The number of fused-ring (bicyclic) bond motifs is 1. The molecule has 0 saturated carbocycles. The Morgan fingerprint density at radius 1 is 0.806 bits per heavy atom. The van der Waals surface area contributed by atoms with Crippen molar-refractivity contribution in [1.29, 1.82) is 0 Å². The van der Waals surface area contributed by atoms with Gasteiger partial charge in [0.1, 0.15) is 5.75 Å². The highest BCUT2D eigenvalue weighted by molar-refractivity contribution is 6.00. The van der Waals surface area contributed by atoms with E-state index in [0.717, 1.165) is 35.0 Å². The van der Waals surface area contributed by atoms with E-state index in [0.29, 0.717) is 30.3 Å². The molecule has 1 amide bonds. The van der Waals surface area contributed by atoms with Gasteiger partial charge in [0.05, 0.1) is 14.2 Å². The number of hydrogen-bond donors (Lipinski definition) is 0. The average molecular weight is 487 g/mol. The van der Waals surface area contributed by atoms with Gasteiger partial charge in [0, 0.05) is 42.3 Å². The number of aryl methyl sites for hydroxylation is 1. The third-order valence-corrected chi connectivity index (χ3v) is 6.59. The van der Waals surface area contributed by atoms with Gasteiger partial charge in [-0.05, 0) is 67.3 Å². The van der Waals surface area contributed by atoms with Gasteiger partial charge in [-0.25, -0.2) is 4.79 Å². The van der Waals surface area contributed by atoms with Crippen LogP contribution in [0.3, 0.4) is 0 Å². The largest absolute Gasteiger partial charge is 0.493 e. The molecule has 1 heterocycles. The minimum atomic E-state index is -0.364. The second-order valence-electron chi connectivity index (χ2n) is 8.60. The van der Waals surface area contributed by atoms with Crippen LogP contribution in [0, 0.1) is 0 Å². The van der Waals surface area contributed by atoms with Crippen LogP contribution in [0.2, 0.25) is 0 Å². The van der Waals surface area contributed by atoms with Crippen molar-refractivity contribution in [2.24, 2.45) is 0 Å². The van der Waals surface area contributed by atoms with Crippen LogP contribution in [-0.2, 0) is 13.0 Å². The molecular formula is C30H34N2O4. The molecule has 188 valence electrons. The SMILES string of the molecule is CCc1ccc(Cn2ccc3c(-c4ccc(OC)c(OC)c4)c(OC(=O)N(CC)CC)ccc32)cc1. The molecule has 0 unspecified atom stereocenters. The fourth-order valence-corrected chi connectivity index (χ4v) is 4.48. The van der Waals surface area contributed by atoms with Gasteiger partial charge in [-0.15, -0.1) is 0 Å². The normalized spacial score (nSPS) is 10.9. The molecule has 0 atom stereocenters. The first-order chi connectivity index (χ1) is 17.5. The number of amides is 1. The van der Waals surface area contributed by atoms with Gasteiger partial charge >= 0.3 is 6.09 Å². The van der Waals surface area contributed by atoms with Gasteiger partial charge in [0.25, 0.3) is 0 Å². The van der Waals surface area contributed by atoms with Crippen LogP contribution in [0.1, 0.15) is 31.9 Å². The fourth-order valence-electron chi connectivity index (χ4n) is 4.48. The van der Waals surface area contributed by atoms with E-state index in [4.69, 9.17) is 14.2 Å². The van der Waals surface area contributed by atoms with E-state index in [9.17, 15) is 4.79 Å². The van der Waals surface area contributed by atoms with E-state index in [1.807, 2.05) is 44.2 Å². The molecule has 6 heteroatoms. The topological polar surface area (TPSA) is 52.9 Å². The lowest BCUT2D eigenvalue weighted by molar-refractivity contribution is 0.157. The number of methoxy groups -OCH3 is 2. The van der Waals surface area contributed by atoms with Gasteiger partial charge in [-0.1, -0.05) is 37.3 Å². The van der Waals surface area contributed by atoms with Crippen LogP contribution >= 0.6 is 0 Å². The third-order valence-electron chi connectivity index (χ3n) is 6.59. The van der Waals surface area contributed by atoms with Crippen molar-refractivity contribution in [1.82, 2.24) is 9.47 Å². The summed E-state index contributed by atoms with van der Waals surface area (Å²) in [6, 6.07) is 20.5. The summed E-state index contributed by atoms with van der Waals surface area (Å²) >= 11 is 0. The molecule has 0 N–H and O–H groups in total. The minimum absolute atomic E-state index is 0.364. The summed E-state index contributed by atoms with van der Waals surface area (Å²) in [5.41, 5.74) is 5.34. The van der Waals surface area contributed by atoms with E-state index < -0.39 is 0 Å². The fraction of sp³-hybridized carbons (Fsp3) is 0.300. The zero-order valence-corrected chi connectivity index (χ0v) is 21.7. The molecule has 0 fully saturated rings. The lowest BCUT2D eigenvalue weighted by atomic mass is 10.00. The Balaban J connectivity index is 1.82. The summed E-state index contributed by atoms with van der Waals surface area (Å²) in [5, 5.41) is 0.997. The summed E-state index contributed by atoms with van der Waals surface area (Å²) in [7, 11) is 3.23. The lowest BCUT2D eigenvalue weighted by Gasteiger charge is -2.20. The zero-order valence-electron chi connectivity index (χ0n) is 21.7. The van der Waals surface area contributed by atoms with E-state index >= 15 is 0 Å². The molecule has 1 aromatic heterocycles. The molecule has 0 saturated heterocycles. The zero-order chi connectivity index (χ0) is 25.7. The number of nitrogens with zero attached hydrogens (tertiary/aromatic N) is 2. The number of carbonyl (C=O) groups excluding carboxylic acids is 1. The lowest BCUT2D eigenvalue weighted by Crippen LogP contribution is -2.33. The molecule has 4 rings (SSSR count). The first-order valence-electron chi connectivity index (χ1n) is 12.4. The van der Waals surface area contributed by atoms with Crippen LogP contribution in [0.15, 0.2) is 66.9 Å². The molecule has 4 aromatic rings. The van der Waals surface area contributed by atoms with Crippen LogP contribution in [0.4, 0.5) is 4.79 Å². The van der Waals surface area contributed by atoms with Crippen molar-refractivity contribution >= 4 is 17.0 Å². The molecule has 3 aromatic carbocycles. The quantitative estimate of drug-likeness (QED) is 0.262. The number of aromatic nitrogens is 1. The molecule has 6 nitrogen and oxygen atoms in total. The molecule has 0 aliphatic carbocycles. The highest BCUT2D eigenvalue weighted by Crippen LogP contribution is 2.41. The highest BCUT2D eigenvalue weighted by atomic mass is 16.6. The van der Waals surface area contributed by atoms with Crippen molar-refractivity contribution in [2.75, 3.05) is 27.3 Å². The van der Waals surface area contributed by atoms with Crippen LogP contribution in [-0.4, -0.2) is 42.9 Å². The molecular weight excluding hydrogens is 452 g/mol. The number of ether oxygens (including phenoxy) is 3. The maximum atomic E-state index is 12.9. The predicted molar refractivity (Wildman–Crippen MR) is 144 cm³/mol. The van der Waals surface area contributed by atoms with Crippen molar-refractivity contribution in [2.45, 2.75) is 33.7 Å². The Morgan fingerprint density at radius 2 is 1.47 bits per heavy atom. The number of carbonyl (C=O) groups is 1. The van der Waals surface area contributed by atoms with E-state index in [-0.39, 0.29) is 6.09 Å². The number of benzene rings is 3. The van der Waals surface area contributed by atoms with Crippen molar-refractivity contribution < 1.29 is 19.0 Å². The Hall–Kier alpha value is -3.93. The summed E-state index contributed by atoms with van der Waals surface area (Å²) < 4.78 is 19.2. The molecule has 0 bridgehead atoms. The van der Waals surface area contributed by atoms with Crippen LogP contribution in [0.25, 0.3) is 22.0 Å². The standard InChI is InChI=1S/C30H34N2O4/c1-6-21-9-11-22(12-10-21)20-32-18-17-24-25(32)14-16-27(36-30(33)31(7-2)8-3)29(24)23-13-15-26(34-4)28(19-23)35-5/h9-19H,6-8,20H2,1-5H3. The van der Waals surface area contributed by atoms with Gasteiger partial charge in [0.2, 0.25) is 0 Å². The van der Waals surface area contributed by atoms with E-state index in [2.05, 4.69) is 48.0 Å². The van der Waals surface area contributed by atoms with E-state index in [1.54, 1.807) is 19.1 Å². The summed E-state index contributed by atoms with van der Waals surface area (Å²) in [5.74, 6) is 1.77. The molecule has 0 radical (unpaired) electrons. The molecule has 36 heavy (non-hydrogen) atoms. The first kappa shape index (κ1) is 25.2. The molecule has 0 spiro atoms. The van der Waals surface area contributed by atoms with Gasteiger partial charge in [-0.2, -0.15) is 0 Å². The summed E-state index contributed by atoms with van der Waals surface area (Å²) in [6.45, 7) is 7.95. The highest BCUT2D eigenvalue weighted by Gasteiger charge is 2.20. The smallest absolute Gasteiger partial charge is 0.415 e. The van der Waals surface area contributed by atoms with E-state index in [1.165, 1.54) is 11.1 Å². The van der Waals surface area contributed by atoms with Gasteiger partial charge in [-0.3, -0.25) is 0 Å². The number of rotatable bonds is 9.